The van der Waals surface area contributed by atoms with Crippen LogP contribution in [0.4, 0.5) is 5.69 Å². The predicted molar refractivity (Wildman–Crippen MR) is 166 cm³/mol. The number of benzene rings is 5. The Morgan fingerprint density at radius 3 is 2.19 bits per heavy atom. The van der Waals surface area contributed by atoms with Crippen LogP contribution in [-0.2, 0) is 6.42 Å². The zero-order chi connectivity index (χ0) is 25.4. The maximum absolute atomic E-state index is 3.81. The molecule has 5 aromatic carbocycles. The number of aryl methyl sites for hydroxylation is 1. The van der Waals surface area contributed by atoms with E-state index in [-0.39, 0.29) is 0 Å². The van der Waals surface area contributed by atoms with Gasteiger partial charge in [0.2, 0.25) is 0 Å². The first-order valence-electron chi connectivity index (χ1n) is 13.1. The third kappa shape index (κ3) is 4.02. The molecule has 0 bridgehead atoms. The fourth-order valence-corrected chi connectivity index (χ4v) is 5.85. The van der Waals surface area contributed by atoms with E-state index in [1.807, 2.05) is 13.8 Å². The van der Waals surface area contributed by atoms with Crippen molar-refractivity contribution in [2.75, 3.05) is 5.09 Å². The molecule has 0 fully saturated rings. The van der Waals surface area contributed by atoms with Crippen molar-refractivity contribution in [1.29, 1.82) is 0 Å². The highest BCUT2D eigenvalue weighted by molar-refractivity contribution is 7.18. The highest BCUT2D eigenvalue weighted by Crippen LogP contribution is 2.41. The summed E-state index contributed by atoms with van der Waals surface area (Å²) in [6.07, 6.45) is 6.83. The van der Waals surface area contributed by atoms with Gasteiger partial charge in [-0.05, 0) is 85.3 Å². The van der Waals surface area contributed by atoms with E-state index in [1.54, 1.807) is 0 Å². The van der Waals surface area contributed by atoms with Gasteiger partial charge in [0.1, 0.15) is 0 Å². The number of allylic oxidation sites excluding steroid dienone is 1. The fraction of sp³-hybridized carbons (Fsp3) is 0.118. The molecule has 3 heteroatoms. The molecule has 1 unspecified atom stereocenters. The molecule has 0 amide bonds. The molecule has 2 nitrogen and oxygen atoms in total. The molecule has 1 aromatic heterocycles. The zero-order valence-corrected chi connectivity index (χ0v) is 22.5. The first kappa shape index (κ1) is 23.5. The van der Waals surface area contributed by atoms with E-state index < -0.39 is 0 Å². The smallest absolute Gasteiger partial charge is 0.0547 e. The topological polar surface area (TPSA) is 27.8 Å². The minimum absolute atomic E-state index is 1.09. The lowest BCUT2D eigenvalue weighted by Gasteiger charge is -2.16. The van der Waals surface area contributed by atoms with E-state index in [4.69, 9.17) is 0 Å². The van der Waals surface area contributed by atoms with Crippen LogP contribution in [0.3, 0.4) is 0 Å². The van der Waals surface area contributed by atoms with Gasteiger partial charge in [-0.25, -0.2) is 0 Å². The predicted octanol–water partition coefficient (Wildman–Crippen LogP) is 10.00. The molecule has 7 rings (SSSR count). The highest BCUT2D eigenvalue weighted by Gasteiger charge is 2.18. The average molecular weight is 499 g/mol. The molecule has 6 aromatic rings. The largest absolute Gasteiger partial charge is 0.369 e. The number of aromatic nitrogens is 1. The summed E-state index contributed by atoms with van der Waals surface area (Å²) < 4.78 is 0. The van der Waals surface area contributed by atoms with Crippen molar-refractivity contribution in [3.63, 3.8) is 0 Å². The van der Waals surface area contributed by atoms with Crippen LogP contribution in [-0.4, -0.2) is 4.98 Å². The molecule has 1 aliphatic carbocycles. The number of rotatable bonds is 3. The second kappa shape index (κ2) is 9.88. The van der Waals surface area contributed by atoms with Crippen LogP contribution >= 0.6 is 9.39 Å². The van der Waals surface area contributed by atoms with Gasteiger partial charge in [-0.3, -0.25) is 0 Å². The summed E-state index contributed by atoms with van der Waals surface area (Å²) in [6, 6.07) is 33.0. The number of hydrogen-bond donors (Lipinski definition) is 2. The Balaban J connectivity index is 0.00000123. The summed E-state index contributed by atoms with van der Waals surface area (Å²) in [4.78, 5) is 3.81. The van der Waals surface area contributed by atoms with Crippen LogP contribution in [0.2, 0.25) is 0 Å². The van der Waals surface area contributed by atoms with Gasteiger partial charge in [-0.1, -0.05) is 92.7 Å². The van der Waals surface area contributed by atoms with Crippen LogP contribution < -0.4 is 5.09 Å². The van der Waals surface area contributed by atoms with Gasteiger partial charge in [0.05, 0.1) is 5.52 Å². The van der Waals surface area contributed by atoms with Crippen LogP contribution in [0.5, 0.6) is 0 Å². The SMILES string of the molecule is CC.PNc1cccc(-c2cccc(-c3ccc4c(c3)[nH]c3c5ccccc5c5c(c43)CCC=C5)c2)c1. The third-order valence-corrected chi connectivity index (χ3v) is 7.65. The van der Waals surface area contributed by atoms with Gasteiger partial charge in [0.15, 0.2) is 0 Å². The Labute approximate surface area is 220 Å². The summed E-state index contributed by atoms with van der Waals surface area (Å²) in [5.41, 5.74) is 11.3. The number of fused-ring (bicyclic) bond motifs is 8. The monoisotopic (exact) mass is 498 g/mol. The van der Waals surface area contributed by atoms with Crippen LogP contribution in [0, 0.1) is 0 Å². The minimum Gasteiger partial charge on any atom is -0.369 e. The summed E-state index contributed by atoms with van der Waals surface area (Å²) in [5, 5.41) is 8.51. The van der Waals surface area contributed by atoms with E-state index in [1.165, 1.54) is 66.0 Å². The molecule has 37 heavy (non-hydrogen) atoms. The molecule has 182 valence electrons. The molecular weight excluding hydrogens is 467 g/mol. The first-order valence-corrected chi connectivity index (χ1v) is 13.7. The quantitative estimate of drug-likeness (QED) is 0.233. The summed E-state index contributed by atoms with van der Waals surface area (Å²) in [6.45, 7) is 4.00. The lowest BCUT2D eigenvalue weighted by Crippen LogP contribution is -1.96. The Bertz CT molecular complexity index is 1790. The Hall–Kier alpha value is -3.87. The maximum atomic E-state index is 3.81. The zero-order valence-electron chi connectivity index (χ0n) is 21.3. The van der Waals surface area contributed by atoms with Crippen molar-refractivity contribution in [3.8, 4) is 22.3 Å². The van der Waals surface area contributed by atoms with Crippen LogP contribution in [0.25, 0.3) is 60.9 Å². The van der Waals surface area contributed by atoms with Crippen LogP contribution in [0.1, 0.15) is 31.4 Å². The van der Waals surface area contributed by atoms with E-state index >= 15 is 0 Å². The van der Waals surface area contributed by atoms with E-state index in [2.05, 4.69) is 123 Å². The van der Waals surface area contributed by atoms with E-state index in [9.17, 15) is 0 Å². The first-order chi connectivity index (χ1) is 18.3. The number of aromatic amines is 1. The standard InChI is InChI=1S/C32H25N2P.C2H6/c35-34-24-10-6-9-22(18-24)20-7-5-8-21(17-20)23-15-16-29-30(19-23)33-32-28-14-4-2-12-26(28)25-11-1-3-13-27(25)31(29)32;1-2/h1-2,4-12,14-19,33-34H,3,13,35H2;1-2H3. The number of H-pyrrole nitrogens is 1. The van der Waals surface area contributed by atoms with Crippen molar-refractivity contribution in [3.05, 3.63) is 108 Å². The Kier molecular flexibility index (Phi) is 6.28. The van der Waals surface area contributed by atoms with E-state index in [0.29, 0.717) is 0 Å². The second-order valence-corrected chi connectivity index (χ2v) is 9.61. The molecule has 0 radical (unpaired) electrons. The highest BCUT2D eigenvalue weighted by atomic mass is 31.0. The van der Waals surface area contributed by atoms with Gasteiger partial charge in [0, 0.05) is 27.4 Å². The van der Waals surface area contributed by atoms with Gasteiger partial charge >= 0.3 is 0 Å². The summed E-state index contributed by atoms with van der Waals surface area (Å²) in [7, 11) is 2.57. The number of anilines is 1. The molecular formula is C34H31N2P. The van der Waals surface area contributed by atoms with Crippen LogP contribution in [0.15, 0.2) is 97.1 Å². The minimum atomic E-state index is 1.09. The molecule has 0 saturated heterocycles. The molecule has 0 saturated carbocycles. The number of nitrogens with one attached hydrogen (secondary N) is 2. The maximum Gasteiger partial charge on any atom is 0.0547 e. The third-order valence-electron chi connectivity index (χ3n) is 7.32. The van der Waals surface area contributed by atoms with Crippen molar-refractivity contribution in [2.24, 2.45) is 0 Å². The molecule has 0 aliphatic heterocycles. The summed E-state index contributed by atoms with van der Waals surface area (Å²) >= 11 is 0. The lowest BCUT2D eigenvalue weighted by molar-refractivity contribution is 1.00. The fourth-order valence-electron chi connectivity index (χ4n) is 5.67. The van der Waals surface area contributed by atoms with Gasteiger partial charge in [-0.15, -0.1) is 0 Å². The normalized spacial score (nSPS) is 12.4. The van der Waals surface area contributed by atoms with Gasteiger partial charge in [-0.2, -0.15) is 0 Å². The van der Waals surface area contributed by atoms with Crippen molar-refractivity contribution in [1.82, 2.24) is 4.98 Å². The molecule has 1 heterocycles. The molecule has 1 aliphatic rings. The van der Waals surface area contributed by atoms with Crippen molar-refractivity contribution in [2.45, 2.75) is 26.7 Å². The molecule has 0 spiro atoms. The molecule has 1 atom stereocenters. The van der Waals surface area contributed by atoms with Gasteiger partial charge < -0.3 is 10.1 Å². The lowest BCUT2D eigenvalue weighted by atomic mass is 9.88. The Morgan fingerprint density at radius 2 is 1.41 bits per heavy atom. The van der Waals surface area contributed by atoms with Gasteiger partial charge in [0.25, 0.3) is 0 Å². The second-order valence-electron chi connectivity index (χ2n) is 9.32. The van der Waals surface area contributed by atoms with Crippen molar-refractivity contribution >= 4 is 53.7 Å². The summed E-state index contributed by atoms with van der Waals surface area (Å²) in [5.74, 6) is 0. The Morgan fingerprint density at radius 1 is 0.703 bits per heavy atom. The van der Waals surface area contributed by atoms with Crippen molar-refractivity contribution < 1.29 is 0 Å². The molecule has 2 N–H and O–H groups in total. The number of hydrogen-bond acceptors (Lipinski definition) is 1. The average Bonchev–Trinajstić information content (AvgIpc) is 3.38. The van der Waals surface area contributed by atoms with E-state index in [0.717, 1.165) is 18.5 Å².